The van der Waals surface area contributed by atoms with Crippen LogP contribution in [-0.4, -0.2) is 38.8 Å². The van der Waals surface area contributed by atoms with Crippen LogP contribution < -0.4 is 5.32 Å². The first kappa shape index (κ1) is 22.0. The highest BCUT2D eigenvalue weighted by atomic mass is 127. The molecular formula is C21H29IN6. The van der Waals surface area contributed by atoms with Gasteiger partial charge in [0, 0.05) is 44.9 Å². The summed E-state index contributed by atoms with van der Waals surface area (Å²) in [5.74, 6) is 0.913. The van der Waals surface area contributed by atoms with Gasteiger partial charge in [0.25, 0.3) is 0 Å². The minimum Gasteiger partial charge on any atom is -0.357 e. The first-order chi connectivity index (χ1) is 13.2. The Morgan fingerprint density at radius 1 is 1.14 bits per heavy atom. The maximum Gasteiger partial charge on any atom is 0.194 e. The van der Waals surface area contributed by atoms with Crippen LogP contribution in [0.5, 0.6) is 0 Å². The summed E-state index contributed by atoms with van der Waals surface area (Å²) in [7, 11) is 4.14. The standard InChI is InChI=1S/C21H28N6.HI/c1-4-22-21(26(3)17-20-10-6-12-25(20)2)23-15-18-8-5-9-19(14-18)16-27-13-7-11-24-27;/h5-14H,4,15-17H2,1-3H3,(H,22,23);1H. The number of nitrogens with zero attached hydrogens (tertiary/aromatic N) is 5. The van der Waals surface area contributed by atoms with Gasteiger partial charge in [-0.1, -0.05) is 24.3 Å². The van der Waals surface area contributed by atoms with Crippen LogP contribution >= 0.6 is 24.0 Å². The number of aromatic nitrogens is 3. The van der Waals surface area contributed by atoms with Gasteiger partial charge in [-0.15, -0.1) is 24.0 Å². The minimum absolute atomic E-state index is 0. The molecule has 3 aromatic rings. The molecule has 0 aliphatic rings. The van der Waals surface area contributed by atoms with Crippen molar-refractivity contribution in [3.63, 3.8) is 0 Å². The van der Waals surface area contributed by atoms with Gasteiger partial charge in [0.15, 0.2) is 5.96 Å². The van der Waals surface area contributed by atoms with E-state index >= 15 is 0 Å². The second-order valence-electron chi connectivity index (χ2n) is 6.66. The number of aryl methyl sites for hydroxylation is 1. The molecule has 0 spiro atoms. The Bertz CT molecular complexity index is 869. The summed E-state index contributed by atoms with van der Waals surface area (Å²) < 4.78 is 4.07. The fourth-order valence-corrected chi connectivity index (χ4v) is 3.02. The lowest BCUT2D eigenvalue weighted by atomic mass is 10.1. The van der Waals surface area contributed by atoms with Gasteiger partial charge in [-0.2, -0.15) is 5.10 Å². The predicted molar refractivity (Wildman–Crippen MR) is 125 cm³/mol. The third kappa shape index (κ3) is 6.12. The lowest BCUT2D eigenvalue weighted by Gasteiger charge is -2.22. The number of hydrogen-bond donors (Lipinski definition) is 1. The smallest absolute Gasteiger partial charge is 0.194 e. The van der Waals surface area contributed by atoms with E-state index in [1.165, 1.54) is 16.8 Å². The number of nitrogens with one attached hydrogen (secondary N) is 1. The zero-order valence-corrected chi connectivity index (χ0v) is 19.1. The van der Waals surface area contributed by atoms with Gasteiger partial charge in [-0.25, -0.2) is 4.99 Å². The fraction of sp³-hybridized carbons (Fsp3) is 0.333. The van der Waals surface area contributed by atoms with Crippen LogP contribution in [0.25, 0.3) is 0 Å². The summed E-state index contributed by atoms with van der Waals surface area (Å²) in [6, 6.07) is 14.7. The molecular weight excluding hydrogens is 463 g/mol. The van der Waals surface area contributed by atoms with E-state index < -0.39 is 0 Å². The Labute approximate surface area is 184 Å². The average molecular weight is 492 g/mol. The highest BCUT2D eigenvalue weighted by molar-refractivity contribution is 14.0. The molecule has 2 heterocycles. The van der Waals surface area contributed by atoms with E-state index in [4.69, 9.17) is 4.99 Å². The van der Waals surface area contributed by atoms with Crippen molar-refractivity contribution < 1.29 is 0 Å². The third-order valence-electron chi connectivity index (χ3n) is 4.45. The molecule has 28 heavy (non-hydrogen) atoms. The van der Waals surface area contributed by atoms with Crippen LogP contribution in [0.1, 0.15) is 23.7 Å². The molecule has 150 valence electrons. The topological polar surface area (TPSA) is 50.4 Å². The highest BCUT2D eigenvalue weighted by Crippen LogP contribution is 2.09. The van der Waals surface area contributed by atoms with E-state index in [2.05, 4.69) is 83.5 Å². The number of rotatable bonds is 7. The second kappa shape index (κ2) is 10.9. The van der Waals surface area contributed by atoms with Gasteiger partial charge in [0.1, 0.15) is 0 Å². The number of halogens is 1. The van der Waals surface area contributed by atoms with Crippen molar-refractivity contribution in [2.75, 3.05) is 13.6 Å². The molecule has 3 rings (SSSR count). The molecule has 0 aliphatic carbocycles. The summed E-state index contributed by atoms with van der Waals surface area (Å²) in [6.45, 7) is 5.17. The zero-order chi connectivity index (χ0) is 19.1. The minimum atomic E-state index is 0. The van der Waals surface area contributed by atoms with Crippen molar-refractivity contribution >= 4 is 29.9 Å². The number of aliphatic imine (C=N–C) groups is 1. The molecule has 6 nitrogen and oxygen atoms in total. The predicted octanol–water partition coefficient (Wildman–Crippen LogP) is 3.49. The molecule has 0 fully saturated rings. The Morgan fingerprint density at radius 3 is 2.64 bits per heavy atom. The van der Waals surface area contributed by atoms with Gasteiger partial charge in [0.2, 0.25) is 0 Å². The van der Waals surface area contributed by atoms with Crippen LogP contribution in [0.4, 0.5) is 0 Å². The Balaban J connectivity index is 0.00000280. The summed E-state index contributed by atoms with van der Waals surface area (Å²) in [4.78, 5) is 6.99. The normalized spacial score (nSPS) is 11.2. The number of benzene rings is 1. The molecule has 0 radical (unpaired) electrons. The molecule has 0 atom stereocenters. The second-order valence-corrected chi connectivity index (χ2v) is 6.66. The van der Waals surface area contributed by atoms with Crippen molar-refractivity contribution in [2.24, 2.45) is 12.0 Å². The first-order valence-electron chi connectivity index (χ1n) is 9.30. The van der Waals surface area contributed by atoms with E-state index in [-0.39, 0.29) is 24.0 Å². The molecule has 0 saturated heterocycles. The van der Waals surface area contributed by atoms with E-state index in [1.54, 1.807) is 6.20 Å². The lowest BCUT2D eigenvalue weighted by molar-refractivity contribution is 0.462. The number of guanidine groups is 1. The molecule has 0 bridgehead atoms. The quantitative estimate of drug-likeness (QED) is 0.312. The van der Waals surface area contributed by atoms with E-state index in [0.717, 1.165) is 25.6 Å². The first-order valence-corrected chi connectivity index (χ1v) is 9.30. The van der Waals surface area contributed by atoms with Crippen LogP contribution in [0.3, 0.4) is 0 Å². The maximum absolute atomic E-state index is 4.83. The van der Waals surface area contributed by atoms with Gasteiger partial charge in [-0.05, 0) is 36.2 Å². The molecule has 0 saturated carbocycles. The Morgan fingerprint density at radius 2 is 1.96 bits per heavy atom. The SMILES string of the molecule is CCNC(=NCc1cccc(Cn2cccn2)c1)N(C)Cc1cccn1C.I. The molecule has 1 N–H and O–H groups in total. The van der Waals surface area contributed by atoms with E-state index in [1.807, 2.05) is 16.9 Å². The number of hydrogen-bond acceptors (Lipinski definition) is 2. The van der Waals surface area contributed by atoms with Gasteiger partial charge in [0.05, 0.1) is 19.6 Å². The van der Waals surface area contributed by atoms with Crippen molar-refractivity contribution in [3.8, 4) is 0 Å². The van der Waals surface area contributed by atoms with E-state index in [0.29, 0.717) is 6.54 Å². The summed E-state index contributed by atoms with van der Waals surface area (Å²) in [5, 5.41) is 7.66. The summed E-state index contributed by atoms with van der Waals surface area (Å²) in [6.07, 6.45) is 5.85. The van der Waals surface area contributed by atoms with Crippen molar-refractivity contribution in [3.05, 3.63) is 77.9 Å². The molecule has 0 aliphatic heterocycles. The molecule has 7 heteroatoms. The van der Waals surface area contributed by atoms with Crippen LogP contribution in [0, 0.1) is 0 Å². The Kier molecular flexibility index (Phi) is 8.56. The lowest BCUT2D eigenvalue weighted by Crippen LogP contribution is -2.38. The van der Waals surface area contributed by atoms with Crippen molar-refractivity contribution in [1.29, 1.82) is 0 Å². The van der Waals surface area contributed by atoms with Crippen LogP contribution in [0.2, 0.25) is 0 Å². The van der Waals surface area contributed by atoms with E-state index in [9.17, 15) is 0 Å². The summed E-state index contributed by atoms with van der Waals surface area (Å²) >= 11 is 0. The van der Waals surface area contributed by atoms with Crippen LogP contribution in [0.15, 0.2) is 66.0 Å². The molecule has 0 unspecified atom stereocenters. The van der Waals surface area contributed by atoms with Gasteiger partial charge >= 0.3 is 0 Å². The zero-order valence-electron chi connectivity index (χ0n) is 16.7. The molecule has 0 amide bonds. The fourth-order valence-electron chi connectivity index (χ4n) is 3.02. The summed E-state index contributed by atoms with van der Waals surface area (Å²) in [5.41, 5.74) is 3.68. The van der Waals surface area contributed by atoms with Crippen LogP contribution in [-0.2, 0) is 26.7 Å². The van der Waals surface area contributed by atoms with Crippen molar-refractivity contribution in [2.45, 2.75) is 26.6 Å². The highest BCUT2D eigenvalue weighted by Gasteiger charge is 2.08. The largest absolute Gasteiger partial charge is 0.357 e. The molecule has 2 aromatic heterocycles. The Hall–Kier alpha value is -2.29. The van der Waals surface area contributed by atoms with Crippen molar-refractivity contribution in [1.82, 2.24) is 24.6 Å². The van der Waals surface area contributed by atoms with Gasteiger partial charge in [-0.3, -0.25) is 4.68 Å². The molecule has 1 aromatic carbocycles. The average Bonchev–Trinajstić information content (AvgIpc) is 3.31. The maximum atomic E-state index is 4.83. The third-order valence-corrected chi connectivity index (χ3v) is 4.45. The van der Waals surface area contributed by atoms with Gasteiger partial charge < -0.3 is 14.8 Å². The monoisotopic (exact) mass is 492 g/mol.